The van der Waals surface area contributed by atoms with Crippen LogP contribution in [0.2, 0.25) is 0 Å². The highest BCUT2D eigenvalue weighted by Gasteiger charge is 2.17. The number of hydrogen-bond donors (Lipinski definition) is 0. The fourth-order valence-corrected chi connectivity index (χ4v) is 3.44. The molecule has 1 saturated heterocycles. The average molecular weight is 383 g/mol. The van der Waals surface area contributed by atoms with E-state index in [1.54, 1.807) is 7.11 Å². The van der Waals surface area contributed by atoms with E-state index < -0.39 is 0 Å². The Balaban J connectivity index is 1.40. The van der Waals surface area contributed by atoms with Crippen LogP contribution in [0.5, 0.6) is 11.5 Å². The Morgan fingerprint density at radius 2 is 1.75 bits per heavy atom. The van der Waals surface area contributed by atoms with Crippen molar-refractivity contribution in [1.29, 1.82) is 0 Å². The van der Waals surface area contributed by atoms with E-state index >= 15 is 0 Å². The van der Waals surface area contributed by atoms with Crippen LogP contribution in [0.4, 0.5) is 5.69 Å². The molecule has 0 N–H and O–H groups in total. The van der Waals surface area contributed by atoms with Crippen molar-refractivity contribution in [2.24, 2.45) is 0 Å². The minimum absolute atomic E-state index is 0.197. The summed E-state index contributed by atoms with van der Waals surface area (Å²) in [7, 11) is 1.70. The van der Waals surface area contributed by atoms with Crippen molar-refractivity contribution in [3.63, 3.8) is 0 Å². The van der Waals surface area contributed by atoms with Gasteiger partial charge in [0, 0.05) is 56.5 Å². The van der Waals surface area contributed by atoms with Crippen molar-refractivity contribution in [3.8, 4) is 11.5 Å². The number of Topliss-reactive ketones (excluding diaryl/α,β-unsaturated/α-hetero) is 1. The molecule has 0 aliphatic carbocycles. The van der Waals surface area contributed by atoms with E-state index in [1.807, 2.05) is 43.3 Å². The van der Waals surface area contributed by atoms with E-state index in [4.69, 9.17) is 9.47 Å². The molecule has 0 amide bonds. The molecule has 28 heavy (non-hydrogen) atoms. The van der Waals surface area contributed by atoms with Crippen molar-refractivity contribution >= 4 is 11.5 Å². The maximum Gasteiger partial charge on any atom is 0.162 e. The van der Waals surface area contributed by atoms with Gasteiger partial charge in [0.1, 0.15) is 18.1 Å². The molecule has 0 radical (unpaired) electrons. The first kappa shape index (κ1) is 20.2. The molecular formula is C23H30N2O3. The summed E-state index contributed by atoms with van der Waals surface area (Å²) in [6.07, 6.45) is 1.48. The average Bonchev–Trinajstić information content (AvgIpc) is 2.75. The third-order valence-electron chi connectivity index (χ3n) is 5.12. The van der Waals surface area contributed by atoms with Gasteiger partial charge >= 0.3 is 0 Å². The summed E-state index contributed by atoms with van der Waals surface area (Å²) in [5, 5.41) is 0. The zero-order valence-electron chi connectivity index (χ0n) is 16.9. The number of anilines is 1. The Morgan fingerprint density at radius 1 is 1.00 bits per heavy atom. The molecule has 0 atom stereocenters. The number of ketones is 1. The first-order valence-electron chi connectivity index (χ1n) is 10.1. The third kappa shape index (κ3) is 5.49. The van der Waals surface area contributed by atoms with E-state index in [9.17, 15) is 4.79 Å². The second-order valence-electron chi connectivity index (χ2n) is 7.08. The van der Waals surface area contributed by atoms with E-state index in [2.05, 4.69) is 21.9 Å². The lowest BCUT2D eigenvalue weighted by Gasteiger charge is -2.36. The number of ether oxygens (including phenoxy) is 2. The SMILES string of the molecule is CCCC(=O)c1ccc(OCCN2CCN(c3cccc(OC)c3)CC2)cc1. The zero-order chi connectivity index (χ0) is 19.8. The highest BCUT2D eigenvalue weighted by molar-refractivity contribution is 5.96. The Kier molecular flexibility index (Phi) is 7.31. The van der Waals surface area contributed by atoms with Gasteiger partial charge in [0.15, 0.2) is 5.78 Å². The van der Waals surface area contributed by atoms with Gasteiger partial charge in [-0.25, -0.2) is 0 Å². The van der Waals surface area contributed by atoms with Crippen LogP contribution in [0.3, 0.4) is 0 Å². The Hall–Kier alpha value is -2.53. The Bertz CT molecular complexity index is 753. The van der Waals surface area contributed by atoms with Gasteiger partial charge in [-0.1, -0.05) is 13.0 Å². The van der Waals surface area contributed by atoms with Crippen LogP contribution in [-0.2, 0) is 0 Å². The minimum atomic E-state index is 0.197. The molecule has 1 aliphatic heterocycles. The number of nitrogens with zero attached hydrogens (tertiary/aromatic N) is 2. The summed E-state index contributed by atoms with van der Waals surface area (Å²) in [4.78, 5) is 16.7. The standard InChI is InChI=1S/C23H30N2O3/c1-3-5-23(26)19-8-10-21(11-9-19)28-17-16-24-12-14-25(15-13-24)20-6-4-7-22(18-20)27-2/h4,6-11,18H,3,5,12-17H2,1-2H3. The lowest BCUT2D eigenvalue weighted by molar-refractivity contribution is 0.0981. The van der Waals surface area contributed by atoms with Crippen molar-refractivity contribution < 1.29 is 14.3 Å². The molecule has 150 valence electrons. The van der Waals surface area contributed by atoms with Gasteiger partial charge in [-0.3, -0.25) is 9.69 Å². The van der Waals surface area contributed by atoms with E-state index in [0.29, 0.717) is 13.0 Å². The molecule has 0 spiro atoms. The molecule has 0 saturated carbocycles. The number of carbonyl (C=O) groups excluding carboxylic acids is 1. The quantitative estimate of drug-likeness (QED) is 0.616. The van der Waals surface area contributed by atoms with Gasteiger partial charge in [0.25, 0.3) is 0 Å². The second-order valence-corrected chi connectivity index (χ2v) is 7.08. The maximum absolute atomic E-state index is 11.9. The van der Waals surface area contributed by atoms with Gasteiger partial charge in [-0.05, 0) is 42.8 Å². The number of carbonyl (C=O) groups is 1. The number of methoxy groups -OCH3 is 1. The van der Waals surface area contributed by atoms with Crippen LogP contribution in [-0.4, -0.2) is 57.1 Å². The molecule has 0 aromatic heterocycles. The number of hydrogen-bond acceptors (Lipinski definition) is 5. The van der Waals surface area contributed by atoms with Crippen LogP contribution >= 0.6 is 0 Å². The first-order valence-corrected chi connectivity index (χ1v) is 10.1. The molecule has 2 aromatic rings. The highest BCUT2D eigenvalue weighted by atomic mass is 16.5. The topological polar surface area (TPSA) is 42.0 Å². The Morgan fingerprint density at radius 3 is 2.43 bits per heavy atom. The van der Waals surface area contributed by atoms with Gasteiger partial charge in [0.2, 0.25) is 0 Å². The Labute approximate surface area is 167 Å². The van der Waals surface area contributed by atoms with Crippen LogP contribution in [0.15, 0.2) is 48.5 Å². The molecule has 0 bridgehead atoms. The van der Waals surface area contributed by atoms with Crippen LogP contribution in [0.25, 0.3) is 0 Å². The predicted molar refractivity (Wildman–Crippen MR) is 113 cm³/mol. The number of piperazine rings is 1. The smallest absolute Gasteiger partial charge is 0.162 e. The maximum atomic E-state index is 11.9. The van der Waals surface area contributed by atoms with E-state index in [0.717, 1.165) is 56.2 Å². The van der Waals surface area contributed by atoms with Crippen LogP contribution < -0.4 is 14.4 Å². The molecule has 1 heterocycles. The first-order chi connectivity index (χ1) is 13.7. The summed E-state index contributed by atoms with van der Waals surface area (Å²) in [6, 6.07) is 15.7. The lowest BCUT2D eigenvalue weighted by Crippen LogP contribution is -2.47. The van der Waals surface area contributed by atoms with Crippen molar-refractivity contribution in [1.82, 2.24) is 4.90 Å². The fourth-order valence-electron chi connectivity index (χ4n) is 3.44. The molecule has 5 nitrogen and oxygen atoms in total. The molecule has 5 heteroatoms. The zero-order valence-corrected chi connectivity index (χ0v) is 16.9. The van der Waals surface area contributed by atoms with Gasteiger partial charge in [-0.2, -0.15) is 0 Å². The molecule has 3 rings (SSSR count). The van der Waals surface area contributed by atoms with Crippen molar-refractivity contribution in [2.45, 2.75) is 19.8 Å². The van der Waals surface area contributed by atoms with Gasteiger partial charge < -0.3 is 14.4 Å². The number of benzene rings is 2. The molecule has 1 aliphatic rings. The minimum Gasteiger partial charge on any atom is -0.497 e. The second kappa shape index (κ2) is 10.1. The van der Waals surface area contributed by atoms with Gasteiger partial charge in [-0.15, -0.1) is 0 Å². The monoisotopic (exact) mass is 382 g/mol. The van der Waals surface area contributed by atoms with E-state index in [-0.39, 0.29) is 5.78 Å². The predicted octanol–water partition coefficient (Wildman–Crippen LogP) is 3.88. The summed E-state index contributed by atoms with van der Waals surface area (Å²) < 4.78 is 11.2. The van der Waals surface area contributed by atoms with Crippen molar-refractivity contribution in [2.75, 3.05) is 51.3 Å². The summed E-state index contributed by atoms with van der Waals surface area (Å²) in [5.74, 6) is 1.92. The van der Waals surface area contributed by atoms with Crippen LogP contribution in [0.1, 0.15) is 30.1 Å². The normalized spacial score (nSPS) is 14.7. The highest BCUT2D eigenvalue weighted by Crippen LogP contribution is 2.22. The lowest BCUT2D eigenvalue weighted by atomic mass is 10.1. The summed E-state index contributed by atoms with van der Waals surface area (Å²) in [6.45, 7) is 7.62. The summed E-state index contributed by atoms with van der Waals surface area (Å²) in [5.41, 5.74) is 1.98. The van der Waals surface area contributed by atoms with Crippen LogP contribution in [0, 0.1) is 0 Å². The van der Waals surface area contributed by atoms with Crippen molar-refractivity contribution in [3.05, 3.63) is 54.1 Å². The summed E-state index contributed by atoms with van der Waals surface area (Å²) >= 11 is 0. The molecule has 0 unspecified atom stereocenters. The molecule has 2 aromatic carbocycles. The largest absolute Gasteiger partial charge is 0.497 e. The molecule has 1 fully saturated rings. The number of rotatable bonds is 9. The van der Waals surface area contributed by atoms with Gasteiger partial charge in [0.05, 0.1) is 7.11 Å². The van der Waals surface area contributed by atoms with E-state index in [1.165, 1.54) is 5.69 Å². The third-order valence-corrected chi connectivity index (χ3v) is 5.12. The molecular weight excluding hydrogens is 352 g/mol. The fraction of sp³-hybridized carbons (Fsp3) is 0.435.